The molecule has 0 aromatic heterocycles. The second kappa shape index (κ2) is 5.54. The van der Waals surface area contributed by atoms with Crippen LogP contribution in [0.1, 0.15) is 6.92 Å². The SMILES string of the molecule is CC(=NOCC(=O)O)C(Br)Br. The Morgan fingerprint density at radius 3 is 2.64 bits per heavy atom. The van der Waals surface area contributed by atoms with Crippen LogP contribution in [-0.2, 0) is 9.63 Å². The molecule has 0 aromatic rings. The van der Waals surface area contributed by atoms with E-state index in [-0.39, 0.29) is 3.74 Å². The van der Waals surface area contributed by atoms with Gasteiger partial charge in [-0.05, 0) is 6.92 Å². The number of aliphatic carboxylic acids is 1. The molecule has 0 aliphatic carbocycles. The molecule has 0 aliphatic rings. The minimum Gasteiger partial charge on any atom is -0.479 e. The Morgan fingerprint density at radius 1 is 1.73 bits per heavy atom. The van der Waals surface area contributed by atoms with Crippen LogP contribution < -0.4 is 0 Å². The van der Waals surface area contributed by atoms with E-state index in [4.69, 9.17) is 5.11 Å². The summed E-state index contributed by atoms with van der Waals surface area (Å²) in [6, 6.07) is 0. The Kier molecular flexibility index (Phi) is 5.49. The quantitative estimate of drug-likeness (QED) is 0.485. The van der Waals surface area contributed by atoms with Gasteiger partial charge in [0.25, 0.3) is 0 Å². The van der Waals surface area contributed by atoms with Crippen molar-refractivity contribution < 1.29 is 14.7 Å². The molecule has 0 bridgehead atoms. The van der Waals surface area contributed by atoms with Gasteiger partial charge >= 0.3 is 5.97 Å². The molecule has 1 N–H and O–H groups in total. The third-order valence-electron chi connectivity index (χ3n) is 0.712. The number of oxime groups is 1. The smallest absolute Gasteiger partial charge is 0.344 e. The van der Waals surface area contributed by atoms with Gasteiger partial charge in [0.15, 0.2) is 0 Å². The maximum atomic E-state index is 9.93. The number of carboxylic acids is 1. The van der Waals surface area contributed by atoms with Gasteiger partial charge < -0.3 is 9.94 Å². The van der Waals surface area contributed by atoms with E-state index < -0.39 is 12.6 Å². The summed E-state index contributed by atoms with van der Waals surface area (Å²) in [5.74, 6) is -1.04. The van der Waals surface area contributed by atoms with Crippen LogP contribution in [0.3, 0.4) is 0 Å². The van der Waals surface area contributed by atoms with Crippen molar-refractivity contribution in [1.82, 2.24) is 0 Å². The Morgan fingerprint density at radius 2 is 2.27 bits per heavy atom. The zero-order valence-electron chi connectivity index (χ0n) is 5.75. The highest BCUT2D eigenvalue weighted by molar-refractivity contribution is 9.25. The molecule has 0 unspecified atom stereocenters. The van der Waals surface area contributed by atoms with Gasteiger partial charge in [0.2, 0.25) is 6.61 Å². The van der Waals surface area contributed by atoms with Crippen molar-refractivity contribution in [3.05, 3.63) is 0 Å². The Bertz CT molecular complexity index is 169. The lowest BCUT2D eigenvalue weighted by molar-refractivity contribution is -0.142. The maximum Gasteiger partial charge on any atom is 0.344 e. The van der Waals surface area contributed by atoms with E-state index >= 15 is 0 Å². The molecule has 6 heteroatoms. The van der Waals surface area contributed by atoms with Gasteiger partial charge in [0.1, 0.15) is 3.74 Å². The summed E-state index contributed by atoms with van der Waals surface area (Å²) in [4.78, 5) is 14.4. The highest BCUT2D eigenvalue weighted by Gasteiger charge is 2.02. The summed E-state index contributed by atoms with van der Waals surface area (Å²) in [6.07, 6.45) is 0. The van der Waals surface area contributed by atoms with E-state index in [0.29, 0.717) is 5.71 Å². The lowest BCUT2D eigenvalue weighted by Crippen LogP contribution is -2.07. The second-order valence-electron chi connectivity index (χ2n) is 1.70. The number of hydrogen-bond donors (Lipinski definition) is 1. The second-order valence-corrected chi connectivity index (χ2v) is 4.76. The van der Waals surface area contributed by atoms with Crippen LogP contribution in [0.4, 0.5) is 0 Å². The number of rotatable bonds is 4. The predicted molar refractivity (Wildman–Crippen MR) is 48.3 cm³/mol. The van der Waals surface area contributed by atoms with Crippen LogP contribution in [-0.4, -0.2) is 27.1 Å². The fraction of sp³-hybridized carbons (Fsp3) is 0.600. The van der Waals surface area contributed by atoms with Crippen LogP contribution in [0, 0.1) is 0 Å². The lowest BCUT2D eigenvalue weighted by atomic mass is 10.5. The molecule has 0 radical (unpaired) electrons. The first-order valence-corrected chi connectivity index (χ1v) is 4.53. The highest BCUT2D eigenvalue weighted by atomic mass is 79.9. The summed E-state index contributed by atoms with van der Waals surface area (Å²) in [5, 5.41) is 11.7. The van der Waals surface area contributed by atoms with E-state index in [0.717, 1.165) is 0 Å². The monoisotopic (exact) mass is 287 g/mol. The van der Waals surface area contributed by atoms with Gasteiger partial charge in [-0.25, -0.2) is 4.79 Å². The van der Waals surface area contributed by atoms with E-state index in [1.807, 2.05) is 0 Å². The Balaban J connectivity index is 3.65. The van der Waals surface area contributed by atoms with Gasteiger partial charge in [-0.15, -0.1) is 0 Å². The maximum absolute atomic E-state index is 9.93. The molecule has 0 amide bonds. The number of carboxylic acid groups (broad SMARTS) is 1. The van der Waals surface area contributed by atoms with E-state index in [1.54, 1.807) is 6.92 Å². The van der Waals surface area contributed by atoms with Gasteiger partial charge in [-0.1, -0.05) is 37.0 Å². The third kappa shape index (κ3) is 6.30. The number of halogens is 2. The predicted octanol–water partition coefficient (Wildman–Crippen LogP) is 1.58. The zero-order chi connectivity index (χ0) is 8.85. The minimum absolute atomic E-state index is 0.0798. The lowest BCUT2D eigenvalue weighted by Gasteiger charge is -1.99. The van der Waals surface area contributed by atoms with E-state index in [9.17, 15) is 4.79 Å². The Hall–Kier alpha value is -0.100. The summed E-state index contributed by atoms with van der Waals surface area (Å²) in [5.41, 5.74) is 0.631. The van der Waals surface area contributed by atoms with Gasteiger partial charge in [-0.2, -0.15) is 0 Å². The molecular weight excluding hydrogens is 282 g/mol. The van der Waals surface area contributed by atoms with Gasteiger partial charge in [0, 0.05) is 0 Å². The van der Waals surface area contributed by atoms with E-state index in [1.165, 1.54) is 0 Å². The average Bonchev–Trinajstić information content (AvgIpc) is 1.86. The molecular formula is C5H7Br2NO3. The van der Waals surface area contributed by atoms with Crippen molar-refractivity contribution in [3.8, 4) is 0 Å². The van der Waals surface area contributed by atoms with Crippen LogP contribution in [0.5, 0.6) is 0 Å². The summed E-state index contributed by atoms with van der Waals surface area (Å²) >= 11 is 6.33. The molecule has 0 fully saturated rings. The molecule has 4 nitrogen and oxygen atoms in total. The largest absolute Gasteiger partial charge is 0.479 e. The van der Waals surface area contributed by atoms with Crippen molar-refractivity contribution in [1.29, 1.82) is 0 Å². The standard InChI is InChI=1S/C5H7Br2NO3/c1-3(5(6)7)8-11-2-4(9)10/h5H,2H2,1H3,(H,9,10). The van der Waals surface area contributed by atoms with Crippen LogP contribution in [0.25, 0.3) is 0 Å². The normalized spacial score (nSPS) is 11.8. The molecule has 0 aromatic carbocycles. The minimum atomic E-state index is -1.04. The number of alkyl halides is 2. The van der Waals surface area contributed by atoms with Crippen LogP contribution >= 0.6 is 31.9 Å². The first-order chi connectivity index (χ1) is 5.04. The molecule has 0 rings (SSSR count). The fourth-order valence-electron chi connectivity index (χ4n) is 0.229. The molecule has 0 heterocycles. The average molecular weight is 289 g/mol. The Labute approximate surface area is 80.9 Å². The van der Waals surface area contributed by atoms with Crippen molar-refractivity contribution in [2.45, 2.75) is 10.7 Å². The highest BCUT2D eigenvalue weighted by Crippen LogP contribution is 2.09. The summed E-state index contributed by atoms with van der Waals surface area (Å²) < 4.78 is -0.0798. The zero-order valence-corrected chi connectivity index (χ0v) is 8.92. The summed E-state index contributed by atoms with van der Waals surface area (Å²) in [7, 11) is 0. The number of nitrogens with zero attached hydrogens (tertiary/aromatic N) is 1. The fourth-order valence-corrected chi connectivity index (χ4v) is 0.396. The van der Waals surface area contributed by atoms with Crippen molar-refractivity contribution >= 4 is 43.5 Å². The number of carbonyl (C=O) groups is 1. The van der Waals surface area contributed by atoms with Gasteiger partial charge in [-0.3, -0.25) is 0 Å². The van der Waals surface area contributed by atoms with Crippen LogP contribution in [0.2, 0.25) is 0 Å². The first-order valence-electron chi connectivity index (χ1n) is 2.70. The number of hydrogen-bond acceptors (Lipinski definition) is 3. The molecule has 64 valence electrons. The summed E-state index contributed by atoms with van der Waals surface area (Å²) in [6.45, 7) is 1.29. The topological polar surface area (TPSA) is 58.9 Å². The van der Waals surface area contributed by atoms with Crippen LogP contribution in [0.15, 0.2) is 5.16 Å². The first kappa shape index (κ1) is 10.9. The van der Waals surface area contributed by atoms with E-state index in [2.05, 4.69) is 41.9 Å². The van der Waals surface area contributed by atoms with Gasteiger partial charge in [0.05, 0.1) is 5.71 Å². The van der Waals surface area contributed by atoms with Crippen molar-refractivity contribution in [2.75, 3.05) is 6.61 Å². The molecule has 0 aliphatic heterocycles. The molecule has 0 saturated heterocycles. The molecule has 0 spiro atoms. The molecule has 11 heavy (non-hydrogen) atoms. The van der Waals surface area contributed by atoms with Crippen molar-refractivity contribution in [2.24, 2.45) is 5.16 Å². The molecule has 0 saturated carbocycles. The molecule has 0 atom stereocenters. The third-order valence-corrected chi connectivity index (χ3v) is 2.04. The van der Waals surface area contributed by atoms with Crippen molar-refractivity contribution in [3.63, 3.8) is 0 Å².